The molecule has 4 rings (SSSR count). The summed E-state index contributed by atoms with van der Waals surface area (Å²) < 4.78 is 5.99. The topological polar surface area (TPSA) is 40.4 Å². The Labute approximate surface area is 158 Å². The predicted octanol–water partition coefficient (Wildman–Crippen LogP) is 4.91. The molecule has 0 bridgehead atoms. The lowest BCUT2D eigenvalue weighted by atomic mass is 10.0. The van der Waals surface area contributed by atoms with Crippen molar-refractivity contribution >= 4 is 16.7 Å². The van der Waals surface area contributed by atoms with Crippen LogP contribution in [0.2, 0.25) is 0 Å². The van der Waals surface area contributed by atoms with Crippen LogP contribution in [0.4, 0.5) is 0 Å². The summed E-state index contributed by atoms with van der Waals surface area (Å²) in [7, 11) is 0. The fraction of sp³-hybridized carbons (Fsp3) is 0.0833. The molecule has 0 amide bonds. The zero-order chi connectivity index (χ0) is 18.6. The van der Waals surface area contributed by atoms with Crippen molar-refractivity contribution in [1.29, 1.82) is 0 Å². The zero-order valence-electron chi connectivity index (χ0n) is 15.1. The van der Waals surface area contributed by atoms with Gasteiger partial charge in [-0.05, 0) is 30.5 Å². The molecule has 3 nitrogen and oxygen atoms in total. The molecule has 0 fully saturated rings. The number of benzene rings is 3. The Morgan fingerprint density at radius 1 is 0.852 bits per heavy atom. The van der Waals surface area contributed by atoms with Crippen LogP contribution in [0, 0.1) is 6.92 Å². The lowest BCUT2D eigenvalue weighted by Crippen LogP contribution is -2.21. The van der Waals surface area contributed by atoms with E-state index in [1.807, 2.05) is 79.9 Å². The van der Waals surface area contributed by atoms with Crippen LogP contribution >= 0.6 is 0 Å². The van der Waals surface area contributed by atoms with Gasteiger partial charge in [-0.15, -0.1) is 0 Å². The minimum absolute atomic E-state index is 0.342. The van der Waals surface area contributed by atoms with Gasteiger partial charge >= 0.3 is 5.97 Å². The summed E-state index contributed by atoms with van der Waals surface area (Å²) in [5, 5.41) is 2.13. The van der Waals surface area contributed by atoms with Gasteiger partial charge in [0.15, 0.2) is 6.20 Å². The summed E-state index contributed by atoms with van der Waals surface area (Å²) in [6, 6.07) is 27.3. The number of H-pyrrole nitrogens is 1. The third-order valence-electron chi connectivity index (χ3n) is 4.63. The summed E-state index contributed by atoms with van der Waals surface area (Å²) in [6.07, 6.45) is 1.36. The highest BCUT2D eigenvalue weighted by Gasteiger charge is 2.27. The predicted molar refractivity (Wildman–Crippen MR) is 105 cm³/mol. The van der Waals surface area contributed by atoms with Gasteiger partial charge < -0.3 is 4.74 Å². The van der Waals surface area contributed by atoms with Gasteiger partial charge in [0.2, 0.25) is 11.8 Å². The highest BCUT2D eigenvalue weighted by Crippen LogP contribution is 2.29. The summed E-state index contributed by atoms with van der Waals surface area (Å²) in [5.41, 5.74) is 3.43. The first-order valence-corrected chi connectivity index (χ1v) is 8.94. The number of aryl methyl sites for hydroxylation is 1. The van der Waals surface area contributed by atoms with Crippen molar-refractivity contribution in [3.8, 4) is 0 Å². The lowest BCUT2D eigenvalue weighted by Gasteiger charge is -2.16. The largest absolute Gasteiger partial charge is 0.442 e. The third-order valence-corrected chi connectivity index (χ3v) is 4.63. The molecule has 132 valence electrons. The van der Waals surface area contributed by atoms with E-state index < -0.39 is 6.10 Å². The van der Waals surface area contributed by atoms with Crippen molar-refractivity contribution in [2.75, 3.05) is 0 Å². The Kier molecular flexibility index (Phi) is 4.67. The van der Waals surface area contributed by atoms with Crippen LogP contribution in [-0.4, -0.2) is 5.97 Å². The maximum Gasteiger partial charge on any atom is 0.339 e. The van der Waals surface area contributed by atoms with E-state index in [-0.39, 0.29) is 5.97 Å². The molecule has 0 spiro atoms. The van der Waals surface area contributed by atoms with Gasteiger partial charge in [-0.3, -0.25) is 0 Å². The number of carbonyl (C=O) groups excluding carboxylic acids is 1. The molecular formula is C24H20NO2+. The molecule has 1 unspecified atom stereocenters. The van der Waals surface area contributed by atoms with Gasteiger partial charge in [-0.2, -0.15) is 0 Å². The number of rotatable bonds is 4. The Balaban J connectivity index is 1.78. The molecule has 1 N–H and O–H groups in total. The lowest BCUT2D eigenvalue weighted by molar-refractivity contribution is -0.395. The molecule has 27 heavy (non-hydrogen) atoms. The second kappa shape index (κ2) is 7.42. The maximum atomic E-state index is 12.8. The quantitative estimate of drug-likeness (QED) is 0.489. The Hall–Kier alpha value is -3.46. The van der Waals surface area contributed by atoms with Gasteiger partial charge in [-0.25, -0.2) is 9.78 Å². The third kappa shape index (κ3) is 3.58. The van der Waals surface area contributed by atoms with E-state index in [1.54, 1.807) is 12.1 Å². The van der Waals surface area contributed by atoms with Gasteiger partial charge in [0.1, 0.15) is 0 Å². The van der Waals surface area contributed by atoms with Crippen LogP contribution in [0.1, 0.15) is 33.3 Å². The Morgan fingerprint density at radius 2 is 1.56 bits per heavy atom. The van der Waals surface area contributed by atoms with E-state index in [1.165, 1.54) is 0 Å². The molecule has 0 radical (unpaired) electrons. The molecule has 0 aliphatic carbocycles. The molecule has 0 saturated carbocycles. The van der Waals surface area contributed by atoms with Crippen LogP contribution in [-0.2, 0) is 4.74 Å². The van der Waals surface area contributed by atoms with E-state index in [9.17, 15) is 4.79 Å². The van der Waals surface area contributed by atoms with Crippen LogP contribution in [0.15, 0.2) is 91.1 Å². The minimum atomic E-state index is -0.522. The Bertz CT molecular complexity index is 1070. The molecule has 0 aliphatic rings. The van der Waals surface area contributed by atoms with Crippen LogP contribution in [0.25, 0.3) is 10.8 Å². The number of ether oxygens (including phenoxy) is 1. The molecule has 1 aromatic heterocycles. The highest BCUT2D eigenvalue weighted by molar-refractivity contribution is 5.90. The SMILES string of the molecule is Cc1ccc(C(=O)OC(c2ccccc2)c2[nH+]ccc3ccccc23)cc1. The maximum absolute atomic E-state index is 12.8. The van der Waals surface area contributed by atoms with Gasteiger partial charge in [-0.1, -0.05) is 66.2 Å². The second-order valence-corrected chi connectivity index (χ2v) is 6.54. The van der Waals surface area contributed by atoms with E-state index in [0.29, 0.717) is 5.56 Å². The molecule has 3 aromatic carbocycles. The van der Waals surface area contributed by atoms with Crippen molar-refractivity contribution in [2.45, 2.75) is 13.0 Å². The Morgan fingerprint density at radius 3 is 2.33 bits per heavy atom. The number of hydrogen-bond acceptors (Lipinski definition) is 2. The second-order valence-electron chi connectivity index (χ2n) is 6.54. The normalized spacial score (nSPS) is 11.9. The molecule has 1 heterocycles. The highest BCUT2D eigenvalue weighted by atomic mass is 16.5. The molecule has 4 aromatic rings. The number of pyridine rings is 1. The zero-order valence-corrected chi connectivity index (χ0v) is 15.1. The number of aromatic amines is 1. The van der Waals surface area contributed by atoms with Crippen LogP contribution in [0.3, 0.4) is 0 Å². The first-order valence-electron chi connectivity index (χ1n) is 8.94. The van der Waals surface area contributed by atoms with Crippen molar-refractivity contribution in [3.05, 3.63) is 114 Å². The number of esters is 1. The van der Waals surface area contributed by atoms with Crippen molar-refractivity contribution in [2.24, 2.45) is 0 Å². The van der Waals surface area contributed by atoms with E-state index in [2.05, 4.69) is 11.1 Å². The van der Waals surface area contributed by atoms with Gasteiger partial charge in [0, 0.05) is 11.6 Å². The minimum Gasteiger partial charge on any atom is -0.442 e. The number of fused-ring (bicyclic) bond motifs is 1. The molecule has 0 aliphatic heterocycles. The van der Waals surface area contributed by atoms with Crippen LogP contribution < -0.4 is 4.98 Å². The van der Waals surface area contributed by atoms with Gasteiger partial charge in [0.25, 0.3) is 0 Å². The molecule has 0 saturated heterocycles. The molecule has 3 heteroatoms. The summed E-state index contributed by atoms with van der Waals surface area (Å²) in [4.78, 5) is 16.1. The van der Waals surface area contributed by atoms with E-state index in [4.69, 9.17) is 4.74 Å². The summed E-state index contributed by atoms with van der Waals surface area (Å²) in [5.74, 6) is -0.342. The molecule has 1 atom stereocenters. The van der Waals surface area contributed by atoms with E-state index in [0.717, 1.165) is 27.6 Å². The first kappa shape index (κ1) is 17.0. The summed E-state index contributed by atoms with van der Waals surface area (Å²) >= 11 is 0. The fourth-order valence-corrected chi connectivity index (χ4v) is 3.19. The molecular weight excluding hydrogens is 334 g/mol. The van der Waals surface area contributed by atoms with E-state index >= 15 is 0 Å². The summed E-state index contributed by atoms with van der Waals surface area (Å²) in [6.45, 7) is 1.99. The van der Waals surface area contributed by atoms with Crippen molar-refractivity contribution in [3.63, 3.8) is 0 Å². The number of aromatic nitrogens is 1. The number of hydrogen-bond donors (Lipinski definition) is 0. The fourth-order valence-electron chi connectivity index (χ4n) is 3.19. The average Bonchev–Trinajstić information content (AvgIpc) is 2.73. The smallest absolute Gasteiger partial charge is 0.339 e. The monoisotopic (exact) mass is 354 g/mol. The number of carbonyl (C=O) groups is 1. The standard InChI is InChI=1S/C24H19NO2/c1-17-11-13-20(14-12-17)24(26)27-23(19-8-3-2-4-9-19)22-21-10-6-5-7-18(21)15-16-25-22/h2-16,23H,1H3/p+1. The number of nitrogens with one attached hydrogen (secondary N) is 1. The van der Waals surface area contributed by atoms with Crippen molar-refractivity contribution < 1.29 is 14.5 Å². The average molecular weight is 354 g/mol. The van der Waals surface area contributed by atoms with Crippen LogP contribution in [0.5, 0.6) is 0 Å². The van der Waals surface area contributed by atoms with Gasteiger partial charge in [0.05, 0.1) is 10.9 Å². The van der Waals surface area contributed by atoms with Crippen molar-refractivity contribution in [1.82, 2.24) is 0 Å². The first-order chi connectivity index (χ1) is 13.2.